The molecule has 0 N–H and O–H groups in total. The second-order valence-corrected chi connectivity index (χ2v) is 9.33. The van der Waals surface area contributed by atoms with E-state index in [0.29, 0.717) is 27.9 Å². The van der Waals surface area contributed by atoms with Crippen molar-refractivity contribution in [3.8, 4) is 11.4 Å². The van der Waals surface area contributed by atoms with E-state index in [2.05, 4.69) is 4.98 Å². The Morgan fingerprint density at radius 3 is 2.49 bits per heavy atom. The van der Waals surface area contributed by atoms with Gasteiger partial charge in [-0.1, -0.05) is 32.5 Å². The van der Waals surface area contributed by atoms with Crippen molar-refractivity contribution < 1.29 is 28.9 Å². The van der Waals surface area contributed by atoms with Gasteiger partial charge in [0.1, 0.15) is 12.2 Å². The molecular weight excluding hydrogens is 536 g/mol. The van der Waals surface area contributed by atoms with Crippen molar-refractivity contribution in [2.75, 3.05) is 0 Å². The highest BCUT2D eigenvalue weighted by atomic mass is 16.6. The number of nitro groups is 2. The number of rotatable bonds is 5. The van der Waals surface area contributed by atoms with Crippen molar-refractivity contribution in [3.63, 3.8) is 0 Å². The Morgan fingerprint density at radius 2 is 1.78 bits per heavy atom. The number of nitrogens with zero attached hydrogens (tertiary/aromatic N) is 4. The zero-order valence-corrected chi connectivity index (χ0v) is 20.8. The van der Waals surface area contributed by atoms with Gasteiger partial charge in [-0.05, 0) is 30.7 Å². The number of hydrogen-bond acceptors (Lipinski definition) is 10. The predicted octanol–water partition coefficient (Wildman–Crippen LogP) is 4.40. The van der Waals surface area contributed by atoms with E-state index in [-0.39, 0.29) is 49.4 Å². The number of cyclic esters (lactones) is 1. The van der Waals surface area contributed by atoms with Crippen molar-refractivity contribution in [3.05, 3.63) is 107 Å². The first-order chi connectivity index (χ1) is 19.2. The summed E-state index contributed by atoms with van der Waals surface area (Å²) in [5, 5.41) is 23.3. The normalized spacial score (nSPS) is 16.6. The summed E-state index contributed by atoms with van der Waals surface area (Å²) in [4.78, 5) is 66.5. The molecule has 0 spiro atoms. The van der Waals surface area contributed by atoms with Crippen LogP contribution in [0, 0.1) is 20.2 Å². The fourth-order valence-electron chi connectivity index (χ4n) is 5.32. The number of esters is 2. The molecular formula is C28H22N4O9. The summed E-state index contributed by atoms with van der Waals surface area (Å²) >= 11 is 0. The fraction of sp³-hybridized carbons (Fsp3) is 0.214. The Bertz CT molecular complexity index is 1880. The molecule has 0 saturated heterocycles. The lowest BCUT2D eigenvalue weighted by atomic mass is 9.85. The standard InChI is InChI=1S/C27H18N4O9.CH4/c1-2-27(40-25(33)15-6-3-4-8-20(15)30(35)36)18-11-22-23-14(12-29(22)24(32)17(18)13-39-26(27)34)10-16-19(28-23)7-5-9-21(16)31(37)38;/h3-11H,2,12-13H2,1H3;1H4/t27-;/m0./s1. The molecule has 2 aliphatic heterocycles. The SMILES string of the molecule is C.CC[C@@]1(OC(=O)c2ccccc2[N+](=O)[O-])C(=O)OCc2c1cc1n(c2=O)Cc2cc3c([N+](=O)[O-])cccc3nc2-1. The first-order valence-electron chi connectivity index (χ1n) is 12.1. The molecule has 1 atom stereocenters. The molecule has 6 rings (SSSR count). The highest BCUT2D eigenvalue weighted by molar-refractivity contribution is 5.97. The van der Waals surface area contributed by atoms with E-state index in [1.807, 2.05) is 0 Å². The fourth-order valence-corrected chi connectivity index (χ4v) is 5.32. The summed E-state index contributed by atoms with van der Waals surface area (Å²) in [6.07, 6.45) is -0.127. The van der Waals surface area contributed by atoms with E-state index >= 15 is 0 Å². The minimum absolute atomic E-state index is 0. The maximum atomic E-state index is 13.7. The Morgan fingerprint density at radius 1 is 1.07 bits per heavy atom. The zero-order chi connectivity index (χ0) is 28.3. The summed E-state index contributed by atoms with van der Waals surface area (Å²) in [6.45, 7) is 1.27. The van der Waals surface area contributed by atoms with Gasteiger partial charge < -0.3 is 14.0 Å². The largest absolute Gasteiger partial charge is 0.457 e. The molecule has 4 heterocycles. The van der Waals surface area contributed by atoms with Gasteiger partial charge in [0.05, 0.1) is 44.2 Å². The second-order valence-electron chi connectivity index (χ2n) is 9.33. The van der Waals surface area contributed by atoms with Crippen LogP contribution in [-0.4, -0.2) is 31.3 Å². The van der Waals surface area contributed by atoms with E-state index in [9.17, 15) is 34.6 Å². The third-order valence-corrected chi connectivity index (χ3v) is 7.28. The first kappa shape index (κ1) is 27.1. The average Bonchev–Trinajstić information content (AvgIpc) is 3.30. The van der Waals surface area contributed by atoms with E-state index in [0.717, 1.165) is 6.07 Å². The number of aromatic nitrogens is 2. The van der Waals surface area contributed by atoms with Gasteiger partial charge in [0.15, 0.2) is 0 Å². The maximum Gasteiger partial charge on any atom is 0.355 e. The molecule has 4 aromatic rings. The Hall–Kier alpha value is -5.46. The summed E-state index contributed by atoms with van der Waals surface area (Å²) in [6, 6.07) is 12.8. The highest BCUT2D eigenvalue weighted by Gasteiger charge is 2.51. The van der Waals surface area contributed by atoms with Gasteiger partial charge in [-0.15, -0.1) is 0 Å². The molecule has 13 nitrogen and oxygen atoms in total. The Kier molecular flexibility index (Phi) is 6.37. The van der Waals surface area contributed by atoms with Crippen LogP contribution in [0.25, 0.3) is 22.3 Å². The average molecular weight is 559 g/mol. The van der Waals surface area contributed by atoms with Crippen molar-refractivity contribution in [1.82, 2.24) is 9.55 Å². The number of carbonyl (C=O) groups is 2. The molecule has 41 heavy (non-hydrogen) atoms. The number of pyridine rings is 2. The number of benzene rings is 2. The molecule has 208 valence electrons. The van der Waals surface area contributed by atoms with Gasteiger partial charge in [0, 0.05) is 23.3 Å². The van der Waals surface area contributed by atoms with Crippen molar-refractivity contribution in [2.45, 2.75) is 39.5 Å². The summed E-state index contributed by atoms with van der Waals surface area (Å²) < 4.78 is 12.4. The first-order valence-corrected chi connectivity index (χ1v) is 12.1. The lowest BCUT2D eigenvalue weighted by molar-refractivity contribution is -0.385. The Labute approximate surface area is 231 Å². The monoisotopic (exact) mass is 558 g/mol. The van der Waals surface area contributed by atoms with Gasteiger partial charge in [-0.2, -0.15) is 0 Å². The van der Waals surface area contributed by atoms with Crippen LogP contribution in [0.2, 0.25) is 0 Å². The smallest absolute Gasteiger partial charge is 0.355 e. The number of fused-ring (bicyclic) bond motifs is 5. The molecule has 2 aromatic carbocycles. The Balaban J connectivity index is 0.00000337. The van der Waals surface area contributed by atoms with Crippen LogP contribution >= 0.6 is 0 Å². The minimum atomic E-state index is -2.05. The van der Waals surface area contributed by atoms with Gasteiger partial charge in [0.2, 0.25) is 5.60 Å². The molecule has 0 bridgehead atoms. The molecule has 2 aromatic heterocycles. The van der Waals surface area contributed by atoms with Crippen LogP contribution in [0.5, 0.6) is 0 Å². The number of nitro benzene ring substituents is 2. The number of ether oxygens (including phenoxy) is 2. The lowest BCUT2D eigenvalue weighted by Gasteiger charge is -2.35. The number of carbonyl (C=O) groups excluding carboxylic acids is 2. The van der Waals surface area contributed by atoms with Crippen molar-refractivity contribution in [2.24, 2.45) is 0 Å². The summed E-state index contributed by atoms with van der Waals surface area (Å²) in [5.74, 6) is -2.05. The molecule has 2 aliphatic rings. The van der Waals surface area contributed by atoms with Crippen LogP contribution in [0.4, 0.5) is 11.4 Å². The van der Waals surface area contributed by atoms with E-state index in [1.165, 1.54) is 41.0 Å². The van der Waals surface area contributed by atoms with Crippen LogP contribution in [0.15, 0.2) is 59.4 Å². The van der Waals surface area contributed by atoms with Gasteiger partial charge in [-0.3, -0.25) is 25.0 Å². The molecule has 13 heteroatoms. The number of para-hydroxylation sites is 1. The summed E-state index contributed by atoms with van der Waals surface area (Å²) in [7, 11) is 0. The number of hydrogen-bond donors (Lipinski definition) is 0. The molecule has 0 radical (unpaired) electrons. The lowest BCUT2D eigenvalue weighted by Crippen LogP contribution is -2.47. The molecule has 0 amide bonds. The third kappa shape index (κ3) is 3.92. The molecule has 0 aliphatic carbocycles. The van der Waals surface area contributed by atoms with Crippen molar-refractivity contribution in [1.29, 1.82) is 0 Å². The van der Waals surface area contributed by atoms with Crippen LogP contribution in [0.3, 0.4) is 0 Å². The molecule has 0 saturated carbocycles. The van der Waals surface area contributed by atoms with Crippen molar-refractivity contribution >= 4 is 34.2 Å². The predicted molar refractivity (Wildman–Crippen MR) is 144 cm³/mol. The molecule has 0 unspecified atom stereocenters. The van der Waals surface area contributed by atoms with Gasteiger partial charge in [0.25, 0.3) is 16.9 Å². The van der Waals surface area contributed by atoms with E-state index in [1.54, 1.807) is 19.1 Å². The minimum Gasteiger partial charge on any atom is -0.457 e. The summed E-state index contributed by atoms with van der Waals surface area (Å²) in [5.41, 5.74) is -1.73. The highest BCUT2D eigenvalue weighted by Crippen LogP contribution is 2.42. The maximum absolute atomic E-state index is 13.7. The van der Waals surface area contributed by atoms with Crippen LogP contribution in [-0.2, 0) is 33.0 Å². The van der Waals surface area contributed by atoms with Crippen LogP contribution < -0.4 is 5.56 Å². The van der Waals surface area contributed by atoms with E-state index in [4.69, 9.17) is 9.47 Å². The van der Waals surface area contributed by atoms with Gasteiger partial charge in [-0.25, -0.2) is 14.6 Å². The van der Waals surface area contributed by atoms with Gasteiger partial charge >= 0.3 is 11.9 Å². The second kappa shape index (κ2) is 9.62. The number of non-ortho nitro benzene ring substituents is 1. The van der Waals surface area contributed by atoms with E-state index < -0.39 is 38.6 Å². The quantitative estimate of drug-likeness (QED) is 0.171. The topological polar surface area (TPSA) is 174 Å². The third-order valence-electron chi connectivity index (χ3n) is 7.28. The molecule has 0 fully saturated rings. The zero-order valence-electron chi connectivity index (χ0n) is 20.8. The van der Waals surface area contributed by atoms with Crippen LogP contribution in [0.1, 0.15) is 47.8 Å².